The van der Waals surface area contributed by atoms with Crippen LogP contribution in [0.25, 0.3) is 0 Å². The third-order valence-electron chi connectivity index (χ3n) is 4.94. The Kier molecular flexibility index (Phi) is 3.14. The van der Waals surface area contributed by atoms with Gasteiger partial charge in [-0.2, -0.15) is 8.78 Å². The van der Waals surface area contributed by atoms with Crippen molar-refractivity contribution < 1.29 is 8.78 Å². The lowest BCUT2D eigenvalue weighted by atomic mass is 9.66. The molecule has 120 valence electrons. The summed E-state index contributed by atoms with van der Waals surface area (Å²) >= 11 is 6.06. The Morgan fingerprint density at radius 1 is 1.30 bits per heavy atom. The van der Waals surface area contributed by atoms with E-state index in [4.69, 9.17) is 11.6 Å². The molecule has 0 saturated heterocycles. The number of aromatic nitrogens is 2. The topological polar surface area (TPSA) is 29.0 Å². The maximum absolute atomic E-state index is 13.6. The van der Waals surface area contributed by atoms with Crippen LogP contribution in [-0.4, -0.2) is 16.5 Å². The quantitative estimate of drug-likeness (QED) is 0.737. The van der Waals surface area contributed by atoms with Crippen LogP contribution in [0, 0.1) is 0 Å². The zero-order chi connectivity index (χ0) is 16.2. The van der Waals surface area contributed by atoms with Gasteiger partial charge in [-0.05, 0) is 31.0 Å². The fraction of sp³-hybridized carbons (Fsp3) is 0.412. The van der Waals surface area contributed by atoms with Crippen molar-refractivity contribution in [1.29, 1.82) is 0 Å². The van der Waals surface area contributed by atoms with Gasteiger partial charge >= 0.3 is 0 Å². The highest BCUT2D eigenvalue weighted by Gasteiger charge is 2.48. The maximum atomic E-state index is 13.6. The van der Waals surface area contributed by atoms with Crippen molar-refractivity contribution in [2.24, 2.45) is 0 Å². The van der Waals surface area contributed by atoms with Gasteiger partial charge in [-0.15, -0.1) is 0 Å². The summed E-state index contributed by atoms with van der Waals surface area (Å²) in [5, 5.41) is 0.405. The molecule has 23 heavy (non-hydrogen) atoms. The minimum Gasteiger partial charge on any atom is -0.325 e. The van der Waals surface area contributed by atoms with E-state index in [1.165, 1.54) is 12.5 Å². The van der Waals surface area contributed by atoms with Gasteiger partial charge in [-0.25, -0.2) is 9.97 Å². The number of fused-ring (bicyclic) bond motifs is 2. The summed E-state index contributed by atoms with van der Waals surface area (Å²) in [5.41, 5.74) is 1.95. The molecule has 0 aromatic carbocycles. The van der Waals surface area contributed by atoms with Gasteiger partial charge < -0.3 is 4.90 Å². The molecule has 6 heteroatoms. The zero-order valence-corrected chi connectivity index (χ0v) is 13.4. The number of halogens is 3. The summed E-state index contributed by atoms with van der Waals surface area (Å²) in [7, 11) is 0. The van der Waals surface area contributed by atoms with Crippen molar-refractivity contribution in [3.63, 3.8) is 0 Å². The summed E-state index contributed by atoms with van der Waals surface area (Å²) in [6.45, 7) is 1.61. The molecule has 4 rings (SSSR count). The van der Waals surface area contributed by atoms with E-state index in [0.717, 1.165) is 37.6 Å². The zero-order valence-electron chi connectivity index (χ0n) is 12.7. The van der Waals surface area contributed by atoms with Crippen LogP contribution in [0.4, 0.5) is 20.3 Å². The Balaban J connectivity index is 1.81. The molecule has 0 unspecified atom stereocenters. The molecule has 1 spiro atoms. The van der Waals surface area contributed by atoms with Crippen LogP contribution < -0.4 is 4.90 Å². The molecule has 3 nitrogen and oxygen atoms in total. The first-order valence-electron chi connectivity index (χ1n) is 7.68. The van der Waals surface area contributed by atoms with E-state index in [0.29, 0.717) is 11.0 Å². The van der Waals surface area contributed by atoms with Crippen molar-refractivity contribution >= 4 is 23.1 Å². The molecule has 1 saturated carbocycles. The molecule has 0 bridgehead atoms. The first-order chi connectivity index (χ1) is 10.9. The van der Waals surface area contributed by atoms with Crippen LogP contribution in [0.15, 0.2) is 30.5 Å². The first-order valence-corrected chi connectivity index (χ1v) is 8.06. The second-order valence-corrected chi connectivity index (χ2v) is 6.90. The Morgan fingerprint density at radius 3 is 2.74 bits per heavy atom. The number of nitrogens with zero attached hydrogens (tertiary/aromatic N) is 3. The predicted octanol–water partition coefficient (Wildman–Crippen LogP) is 4.82. The van der Waals surface area contributed by atoms with E-state index in [2.05, 4.69) is 9.97 Å². The maximum Gasteiger partial charge on any atom is 0.287 e. The van der Waals surface area contributed by atoms with Gasteiger partial charge in [-0.3, -0.25) is 0 Å². The highest BCUT2D eigenvalue weighted by molar-refractivity contribution is 6.29. The molecular formula is C17H16ClF2N3. The third kappa shape index (κ3) is 2.29. The molecule has 2 aliphatic rings. The van der Waals surface area contributed by atoms with Crippen LogP contribution in [0.2, 0.25) is 5.15 Å². The average Bonchev–Trinajstić information content (AvgIpc) is 2.81. The molecule has 0 N–H and O–H groups in total. The minimum absolute atomic E-state index is 0.0688. The fourth-order valence-corrected chi connectivity index (χ4v) is 3.73. The predicted molar refractivity (Wildman–Crippen MR) is 85.6 cm³/mol. The molecule has 0 radical (unpaired) electrons. The summed E-state index contributed by atoms with van der Waals surface area (Å²) in [5.74, 6) is -2.42. The lowest BCUT2D eigenvalue weighted by Gasteiger charge is -2.38. The Hall–Kier alpha value is -1.75. The lowest BCUT2D eigenvalue weighted by molar-refractivity contribution is 0.0128. The SMILES string of the molecule is CC(F)(F)c1cccc(N2CC3(CCC3)c3cnc(Cl)cc32)n1. The molecule has 1 fully saturated rings. The Labute approximate surface area is 138 Å². The molecular weight excluding hydrogens is 320 g/mol. The molecule has 1 aliphatic heterocycles. The smallest absolute Gasteiger partial charge is 0.287 e. The first kappa shape index (κ1) is 14.8. The number of hydrogen-bond donors (Lipinski definition) is 0. The Bertz CT molecular complexity index is 769. The standard InChI is InChI=1S/C17H16ClF2N3/c1-16(19,20)13-4-2-5-15(22-13)23-10-17(6-3-7-17)11-9-21-14(18)8-12(11)23/h2,4-5,8-9H,3,6-7,10H2,1H3. The van der Waals surface area contributed by atoms with Crippen LogP contribution >= 0.6 is 11.6 Å². The van der Waals surface area contributed by atoms with Gasteiger partial charge in [0.15, 0.2) is 0 Å². The van der Waals surface area contributed by atoms with Crippen LogP contribution in [0.3, 0.4) is 0 Å². The van der Waals surface area contributed by atoms with Crippen molar-refractivity contribution in [3.05, 3.63) is 46.9 Å². The van der Waals surface area contributed by atoms with Crippen LogP contribution in [-0.2, 0) is 11.3 Å². The minimum atomic E-state index is -2.96. The highest BCUT2D eigenvalue weighted by Crippen LogP contribution is 2.54. The third-order valence-corrected chi connectivity index (χ3v) is 5.15. The number of rotatable bonds is 2. The summed E-state index contributed by atoms with van der Waals surface area (Å²) in [6, 6.07) is 6.57. The normalized spacial score (nSPS) is 18.9. The summed E-state index contributed by atoms with van der Waals surface area (Å²) in [4.78, 5) is 10.4. The second kappa shape index (κ2) is 4.87. The summed E-state index contributed by atoms with van der Waals surface area (Å²) < 4.78 is 27.2. The van der Waals surface area contributed by atoms with Crippen molar-refractivity contribution in [1.82, 2.24) is 9.97 Å². The second-order valence-electron chi connectivity index (χ2n) is 6.51. The highest BCUT2D eigenvalue weighted by atomic mass is 35.5. The molecule has 0 amide bonds. The summed E-state index contributed by atoms with van der Waals surface area (Å²) in [6.07, 6.45) is 5.18. The van der Waals surface area contributed by atoms with Gasteiger partial charge in [0.2, 0.25) is 0 Å². The van der Waals surface area contributed by atoms with E-state index in [1.807, 2.05) is 17.2 Å². The number of anilines is 2. The van der Waals surface area contributed by atoms with Crippen molar-refractivity contribution in [3.8, 4) is 0 Å². The van der Waals surface area contributed by atoms with Gasteiger partial charge in [0, 0.05) is 30.6 Å². The number of hydrogen-bond acceptors (Lipinski definition) is 3. The van der Waals surface area contributed by atoms with Crippen molar-refractivity contribution in [2.45, 2.75) is 37.5 Å². The Morgan fingerprint density at radius 2 is 2.09 bits per heavy atom. The van der Waals surface area contributed by atoms with Gasteiger partial charge in [0.05, 0.1) is 5.69 Å². The van der Waals surface area contributed by atoms with Crippen LogP contribution in [0.1, 0.15) is 37.4 Å². The molecule has 2 aromatic rings. The lowest BCUT2D eigenvalue weighted by Crippen LogP contribution is -2.38. The molecule has 1 aliphatic carbocycles. The van der Waals surface area contributed by atoms with Gasteiger partial charge in [-0.1, -0.05) is 24.1 Å². The molecule has 2 aromatic heterocycles. The van der Waals surface area contributed by atoms with E-state index in [9.17, 15) is 8.78 Å². The van der Waals surface area contributed by atoms with E-state index >= 15 is 0 Å². The largest absolute Gasteiger partial charge is 0.325 e. The van der Waals surface area contributed by atoms with E-state index in [1.54, 1.807) is 12.1 Å². The monoisotopic (exact) mass is 335 g/mol. The van der Waals surface area contributed by atoms with E-state index < -0.39 is 5.92 Å². The van der Waals surface area contributed by atoms with Crippen molar-refractivity contribution in [2.75, 3.05) is 11.4 Å². The number of alkyl halides is 2. The average molecular weight is 336 g/mol. The number of pyridine rings is 2. The molecule has 0 atom stereocenters. The van der Waals surface area contributed by atoms with Gasteiger partial charge in [0.1, 0.15) is 16.7 Å². The van der Waals surface area contributed by atoms with Crippen LogP contribution in [0.5, 0.6) is 0 Å². The van der Waals surface area contributed by atoms with Gasteiger partial charge in [0.25, 0.3) is 5.92 Å². The molecule has 3 heterocycles. The fourth-order valence-electron chi connectivity index (χ4n) is 3.58. The van der Waals surface area contributed by atoms with E-state index in [-0.39, 0.29) is 11.1 Å².